The molecule has 2 aliphatic heterocycles. The number of para-hydroxylation sites is 1. The number of anilines is 1. The van der Waals surface area contributed by atoms with Gasteiger partial charge in [0.05, 0.1) is 11.4 Å². The predicted molar refractivity (Wildman–Crippen MR) is 130 cm³/mol. The topological polar surface area (TPSA) is 85.5 Å². The maximum atomic E-state index is 12.8. The molecule has 3 heterocycles. The number of rotatable bonds is 6. The lowest BCUT2D eigenvalue weighted by molar-refractivity contribution is -0.117. The van der Waals surface area contributed by atoms with Crippen LogP contribution in [0.1, 0.15) is 37.3 Å². The summed E-state index contributed by atoms with van der Waals surface area (Å²) in [6, 6.07) is 17.1. The number of carbonyl (C=O) groups excluding carboxylic acids is 1. The van der Waals surface area contributed by atoms with Crippen LogP contribution < -0.4 is 5.32 Å². The first-order chi connectivity index (χ1) is 16.0. The monoisotopic (exact) mass is 466 g/mol. The number of carbonyl (C=O) groups is 1. The minimum atomic E-state index is -3.51. The first-order valence-corrected chi connectivity index (χ1v) is 13.1. The van der Waals surface area contributed by atoms with Gasteiger partial charge in [-0.1, -0.05) is 24.3 Å². The second kappa shape index (κ2) is 9.29. The third-order valence-corrected chi connectivity index (χ3v) is 8.58. The highest BCUT2D eigenvalue weighted by molar-refractivity contribution is 7.89. The van der Waals surface area contributed by atoms with E-state index >= 15 is 0 Å². The highest BCUT2D eigenvalue weighted by atomic mass is 32.2. The van der Waals surface area contributed by atoms with E-state index in [2.05, 4.69) is 33.4 Å². The van der Waals surface area contributed by atoms with Crippen molar-refractivity contribution in [2.75, 3.05) is 38.0 Å². The molecule has 2 N–H and O–H groups in total. The average Bonchev–Trinajstić information content (AvgIpc) is 3.50. The van der Waals surface area contributed by atoms with E-state index in [4.69, 9.17) is 0 Å². The number of benzene rings is 2. The molecule has 2 saturated heterocycles. The van der Waals surface area contributed by atoms with Crippen LogP contribution in [0.5, 0.6) is 0 Å². The highest BCUT2D eigenvalue weighted by Crippen LogP contribution is 2.29. The normalized spacial score (nSPS) is 20.3. The van der Waals surface area contributed by atoms with Gasteiger partial charge in [-0.2, -0.15) is 4.31 Å². The summed E-state index contributed by atoms with van der Waals surface area (Å²) >= 11 is 0. The van der Waals surface area contributed by atoms with Crippen LogP contribution in [0.15, 0.2) is 59.5 Å². The van der Waals surface area contributed by atoms with Gasteiger partial charge in [-0.25, -0.2) is 8.42 Å². The smallest absolute Gasteiger partial charge is 0.243 e. The first kappa shape index (κ1) is 22.1. The maximum Gasteiger partial charge on any atom is 0.243 e. The van der Waals surface area contributed by atoms with Crippen molar-refractivity contribution >= 4 is 32.5 Å². The second-order valence-corrected chi connectivity index (χ2v) is 11.0. The van der Waals surface area contributed by atoms with Gasteiger partial charge >= 0.3 is 0 Å². The van der Waals surface area contributed by atoms with E-state index in [0.717, 1.165) is 44.3 Å². The molecular weight excluding hydrogens is 436 g/mol. The van der Waals surface area contributed by atoms with Gasteiger partial charge in [-0.15, -0.1) is 0 Å². The summed E-state index contributed by atoms with van der Waals surface area (Å²) in [7, 11) is -3.51. The van der Waals surface area contributed by atoms with E-state index in [1.807, 2.05) is 12.1 Å². The fraction of sp³-hybridized carbons (Fsp3) is 0.400. The predicted octanol–water partition coefficient (Wildman–Crippen LogP) is 3.77. The molecule has 2 fully saturated rings. The molecule has 2 aromatic carbocycles. The summed E-state index contributed by atoms with van der Waals surface area (Å²) in [6.45, 7) is 3.12. The first-order valence-electron chi connectivity index (χ1n) is 11.7. The number of sulfonamides is 1. The van der Waals surface area contributed by atoms with E-state index in [1.165, 1.54) is 15.4 Å². The minimum Gasteiger partial charge on any atom is -0.358 e. The summed E-state index contributed by atoms with van der Waals surface area (Å²) in [6.07, 6.45) is 3.92. The molecule has 5 rings (SSSR count). The Morgan fingerprint density at radius 2 is 1.82 bits per heavy atom. The summed E-state index contributed by atoms with van der Waals surface area (Å²) in [5.41, 5.74) is 2.89. The zero-order valence-corrected chi connectivity index (χ0v) is 19.5. The van der Waals surface area contributed by atoms with Gasteiger partial charge in [0.2, 0.25) is 15.9 Å². The molecule has 33 heavy (non-hydrogen) atoms. The van der Waals surface area contributed by atoms with E-state index in [-0.39, 0.29) is 10.8 Å². The molecular formula is C25H30N4O3S. The Balaban J connectivity index is 1.22. The van der Waals surface area contributed by atoms with Crippen molar-refractivity contribution in [2.45, 2.75) is 36.5 Å². The Bertz CT molecular complexity index is 1210. The molecule has 1 aromatic heterocycles. The largest absolute Gasteiger partial charge is 0.358 e. The molecule has 3 aromatic rings. The highest BCUT2D eigenvalue weighted by Gasteiger charge is 2.28. The fourth-order valence-electron chi connectivity index (χ4n) is 4.98. The van der Waals surface area contributed by atoms with Crippen molar-refractivity contribution in [3.8, 4) is 0 Å². The van der Waals surface area contributed by atoms with Gasteiger partial charge in [0.15, 0.2) is 0 Å². The Hall–Kier alpha value is -2.68. The summed E-state index contributed by atoms with van der Waals surface area (Å²) in [5.74, 6) is 0.246. The van der Waals surface area contributed by atoms with Crippen molar-refractivity contribution in [3.05, 3.63) is 60.3 Å². The Morgan fingerprint density at radius 1 is 1.00 bits per heavy atom. The molecule has 0 bridgehead atoms. The van der Waals surface area contributed by atoms with Crippen LogP contribution >= 0.6 is 0 Å². The van der Waals surface area contributed by atoms with Gasteiger partial charge in [0.25, 0.3) is 0 Å². The zero-order chi connectivity index (χ0) is 22.8. The van der Waals surface area contributed by atoms with Crippen LogP contribution in [0.4, 0.5) is 5.69 Å². The number of hydrogen-bond acceptors (Lipinski definition) is 4. The molecule has 0 unspecified atom stereocenters. The number of hydrogen-bond donors (Lipinski definition) is 2. The number of piperidine rings is 1. The molecule has 1 amide bonds. The maximum absolute atomic E-state index is 12.8. The summed E-state index contributed by atoms with van der Waals surface area (Å²) in [5, 5.41) is 4.11. The lowest BCUT2D eigenvalue weighted by atomic mass is 9.95. The van der Waals surface area contributed by atoms with E-state index in [0.29, 0.717) is 31.2 Å². The molecule has 0 radical (unpaired) electrons. The van der Waals surface area contributed by atoms with E-state index in [1.54, 1.807) is 24.3 Å². The van der Waals surface area contributed by atoms with Crippen molar-refractivity contribution in [2.24, 2.45) is 0 Å². The fourth-order valence-corrected chi connectivity index (χ4v) is 6.55. The van der Waals surface area contributed by atoms with Crippen LogP contribution in [0, 0.1) is 0 Å². The van der Waals surface area contributed by atoms with Crippen molar-refractivity contribution in [1.29, 1.82) is 0 Å². The molecule has 174 valence electrons. The van der Waals surface area contributed by atoms with Crippen LogP contribution in [-0.4, -0.2) is 61.2 Å². The van der Waals surface area contributed by atoms with E-state index < -0.39 is 10.0 Å². The Labute approximate surface area is 194 Å². The number of fused-ring (bicyclic) bond motifs is 1. The molecule has 1 atom stereocenters. The molecule has 7 nitrogen and oxygen atoms in total. The van der Waals surface area contributed by atoms with Crippen LogP contribution in [0.3, 0.4) is 0 Å². The van der Waals surface area contributed by atoms with Gasteiger partial charge in [0.1, 0.15) is 0 Å². The van der Waals surface area contributed by atoms with Crippen LogP contribution in [0.2, 0.25) is 0 Å². The zero-order valence-electron chi connectivity index (χ0n) is 18.7. The van der Waals surface area contributed by atoms with Crippen molar-refractivity contribution < 1.29 is 13.2 Å². The number of nitrogens with zero attached hydrogens (tertiary/aromatic N) is 2. The molecule has 0 spiro atoms. The summed E-state index contributed by atoms with van der Waals surface area (Å²) < 4.78 is 27.2. The minimum absolute atomic E-state index is 0.122. The van der Waals surface area contributed by atoms with Gasteiger partial charge in [0, 0.05) is 42.5 Å². The molecule has 2 aliphatic rings. The number of H-pyrrole nitrogens is 1. The van der Waals surface area contributed by atoms with E-state index in [9.17, 15) is 13.2 Å². The standard InChI is InChI=1S/C25H30N4O3S/c30-25(26-21-9-5-10-22(16-21)33(31,32)29-13-3-4-14-29)18-28-12-6-8-20(17-28)24-15-19-7-1-2-11-23(19)27-24/h1-2,5,7,9-11,15-16,20,27H,3-4,6,8,12-14,17-18H2,(H,26,30)/t20-/m0/s1. The number of likely N-dealkylation sites (tertiary alicyclic amines) is 1. The van der Waals surface area contributed by atoms with Gasteiger partial charge in [-0.3, -0.25) is 9.69 Å². The SMILES string of the molecule is O=C(CN1CCC[C@H](c2cc3ccccc3[nH]2)C1)Nc1cccc(S(=O)(=O)N2CCCC2)c1. The number of aromatic nitrogens is 1. The van der Waals surface area contributed by atoms with Crippen LogP contribution in [0.25, 0.3) is 10.9 Å². The average molecular weight is 467 g/mol. The third-order valence-electron chi connectivity index (χ3n) is 6.68. The second-order valence-electron chi connectivity index (χ2n) is 9.07. The van der Waals surface area contributed by atoms with Gasteiger partial charge < -0.3 is 10.3 Å². The number of amides is 1. The Morgan fingerprint density at radius 3 is 2.64 bits per heavy atom. The number of nitrogens with one attached hydrogen (secondary N) is 2. The lowest BCUT2D eigenvalue weighted by Crippen LogP contribution is -2.39. The van der Waals surface area contributed by atoms with Crippen LogP contribution in [-0.2, 0) is 14.8 Å². The van der Waals surface area contributed by atoms with Gasteiger partial charge in [-0.05, 0) is 67.9 Å². The molecule has 0 saturated carbocycles. The molecule has 0 aliphatic carbocycles. The molecule has 8 heteroatoms. The summed E-state index contributed by atoms with van der Waals surface area (Å²) in [4.78, 5) is 18.7. The Kier molecular flexibility index (Phi) is 6.23. The quantitative estimate of drug-likeness (QED) is 0.579. The van der Waals surface area contributed by atoms with Crippen molar-refractivity contribution in [3.63, 3.8) is 0 Å². The lowest BCUT2D eigenvalue weighted by Gasteiger charge is -2.31. The third kappa shape index (κ3) is 4.83. The van der Waals surface area contributed by atoms with Crippen molar-refractivity contribution in [1.82, 2.24) is 14.2 Å². The number of aromatic amines is 1.